The van der Waals surface area contributed by atoms with E-state index in [2.05, 4.69) is 25.8 Å². The summed E-state index contributed by atoms with van der Waals surface area (Å²) in [5, 5.41) is 0. The molecule has 0 aliphatic carbocycles. The fourth-order valence-corrected chi connectivity index (χ4v) is 1.49. The van der Waals surface area contributed by atoms with Gasteiger partial charge in [-0.15, -0.1) is 0 Å². The van der Waals surface area contributed by atoms with Crippen molar-refractivity contribution in [2.45, 2.75) is 33.6 Å². The third-order valence-electron chi connectivity index (χ3n) is 2.15. The molecule has 0 saturated carbocycles. The van der Waals surface area contributed by atoms with Crippen LogP contribution in [-0.2, 0) is 0 Å². The summed E-state index contributed by atoms with van der Waals surface area (Å²) in [6.07, 6.45) is 2.32. The molecular weight excluding hydrogens is 122 g/mol. The number of nitrogens with zero attached hydrogens (tertiary/aromatic N) is 1. The summed E-state index contributed by atoms with van der Waals surface area (Å²) in [6.45, 7) is 7.49. The number of hydrogen-bond acceptors (Lipinski definition) is 1. The predicted molar refractivity (Wildman–Crippen MR) is 45.6 cm³/mol. The van der Waals surface area contributed by atoms with Gasteiger partial charge >= 0.3 is 0 Å². The van der Waals surface area contributed by atoms with Crippen molar-refractivity contribution < 1.29 is 0 Å². The molecule has 0 saturated heterocycles. The first-order chi connectivity index (χ1) is 4.79. The van der Waals surface area contributed by atoms with E-state index in [0.29, 0.717) is 0 Å². The van der Waals surface area contributed by atoms with E-state index in [0.717, 1.165) is 13.0 Å². The zero-order chi connectivity index (χ0) is 7.56. The van der Waals surface area contributed by atoms with Gasteiger partial charge in [0.25, 0.3) is 0 Å². The third-order valence-corrected chi connectivity index (χ3v) is 2.15. The molecule has 10 heavy (non-hydrogen) atoms. The van der Waals surface area contributed by atoms with Gasteiger partial charge in [-0.3, -0.25) is 4.99 Å². The van der Waals surface area contributed by atoms with Gasteiger partial charge in [-0.2, -0.15) is 0 Å². The highest BCUT2D eigenvalue weighted by Crippen LogP contribution is 2.20. The molecule has 0 atom stereocenters. The van der Waals surface area contributed by atoms with Crippen molar-refractivity contribution in [2.24, 2.45) is 4.99 Å². The Hall–Kier alpha value is -0.590. The van der Waals surface area contributed by atoms with Crippen LogP contribution in [0.25, 0.3) is 0 Å². The quantitative estimate of drug-likeness (QED) is 0.554. The third kappa shape index (κ3) is 1.13. The van der Waals surface area contributed by atoms with Crippen LogP contribution in [0.3, 0.4) is 0 Å². The van der Waals surface area contributed by atoms with Gasteiger partial charge < -0.3 is 0 Å². The van der Waals surface area contributed by atoms with E-state index in [1.165, 1.54) is 17.7 Å². The second-order valence-electron chi connectivity index (χ2n) is 2.69. The van der Waals surface area contributed by atoms with Crippen LogP contribution in [0.15, 0.2) is 16.1 Å². The van der Waals surface area contributed by atoms with Crippen LogP contribution in [0.4, 0.5) is 0 Å². The van der Waals surface area contributed by atoms with Crippen LogP contribution in [0, 0.1) is 0 Å². The molecule has 0 fully saturated rings. The number of hydrogen-bond donors (Lipinski definition) is 0. The molecule has 0 aromatic carbocycles. The first-order valence-electron chi connectivity index (χ1n) is 4.01. The fourth-order valence-electron chi connectivity index (χ4n) is 1.49. The second kappa shape index (κ2) is 3.00. The molecule has 0 N–H and O–H groups in total. The Morgan fingerprint density at radius 2 is 2.00 bits per heavy atom. The number of allylic oxidation sites excluding steroid dienone is 1. The second-order valence-corrected chi connectivity index (χ2v) is 2.69. The minimum absolute atomic E-state index is 0.964. The fraction of sp³-hybridized carbons (Fsp3) is 0.667. The molecule has 0 aromatic rings. The molecule has 1 aliphatic rings. The Bertz CT molecular complexity index is 187. The smallest absolute Gasteiger partial charge is 0.0609 e. The van der Waals surface area contributed by atoms with Gasteiger partial charge in [-0.05, 0) is 30.9 Å². The molecule has 0 unspecified atom stereocenters. The average Bonchev–Trinajstić information content (AvgIpc) is 2.30. The van der Waals surface area contributed by atoms with E-state index in [-0.39, 0.29) is 0 Å². The summed E-state index contributed by atoms with van der Waals surface area (Å²) in [6, 6.07) is 0. The van der Waals surface area contributed by atoms with Crippen molar-refractivity contribution in [3.8, 4) is 0 Å². The van der Waals surface area contributed by atoms with Gasteiger partial charge in [0, 0.05) is 5.71 Å². The summed E-state index contributed by atoms with van der Waals surface area (Å²) in [5.41, 5.74) is 4.31. The molecule has 56 valence electrons. The van der Waals surface area contributed by atoms with Crippen molar-refractivity contribution >= 4 is 5.71 Å². The highest BCUT2D eigenvalue weighted by Gasteiger charge is 2.11. The van der Waals surface area contributed by atoms with E-state index in [4.69, 9.17) is 0 Å². The van der Waals surface area contributed by atoms with Crippen LogP contribution in [0.5, 0.6) is 0 Å². The largest absolute Gasteiger partial charge is 0.285 e. The lowest BCUT2D eigenvalue weighted by molar-refractivity contribution is 0.999. The molecule has 1 nitrogen and oxygen atoms in total. The zero-order valence-electron chi connectivity index (χ0n) is 7.07. The highest BCUT2D eigenvalue weighted by molar-refractivity contribution is 6.00. The monoisotopic (exact) mass is 137 g/mol. The van der Waals surface area contributed by atoms with Crippen molar-refractivity contribution in [3.63, 3.8) is 0 Å². The summed E-state index contributed by atoms with van der Waals surface area (Å²) >= 11 is 0. The van der Waals surface area contributed by atoms with E-state index in [1.807, 2.05) is 0 Å². The van der Waals surface area contributed by atoms with Crippen molar-refractivity contribution in [3.05, 3.63) is 11.1 Å². The standard InChI is InChI=1S/C9H15N/c1-4-8-6-10-7(3)9(8)5-2/h4-6H2,1-3H3. The molecular formula is C9H15N. The van der Waals surface area contributed by atoms with Gasteiger partial charge in [0.15, 0.2) is 0 Å². The first kappa shape index (κ1) is 7.52. The molecule has 1 rings (SSSR count). The van der Waals surface area contributed by atoms with Crippen LogP contribution >= 0.6 is 0 Å². The maximum Gasteiger partial charge on any atom is 0.0609 e. The van der Waals surface area contributed by atoms with Crippen LogP contribution in [0.1, 0.15) is 33.6 Å². The number of aliphatic imine (C=N–C) groups is 1. The topological polar surface area (TPSA) is 12.4 Å². The van der Waals surface area contributed by atoms with E-state index >= 15 is 0 Å². The highest BCUT2D eigenvalue weighted by atomic mass is 14.8. The van der Waals surface area contributed by atoms with Crippen molar-refractivity contribution in [2.75, 3.05) is 6.54 Å². The van der Waals surface area contributed by atoms with Crippen molar-refractivity contribution in [1.82, 2.24) is 0 Å². The molecule has 0 amide bonds. The first-order valence-corrected chi connectivity index (χ1v) is 4.01. The number of rotatable bonds is 2. The molecule has 0 bridgehead atoms. The Morgan fingerprint density at radius 1 is 1.30 bits per heavy atom. The average molecular weight is 137 g/mol. The van der Waals surface area contributed by atoms with E-state index in [1.54, 1.807) is 5.57 Å². The normalized spacial score (nSPS) is 18.1. The minimum Gasteiger partial charge on any atom is -0.285 e. The molecule has 1 heterocycles. The summed E-state index contributed by atoms with van der Waals surface area (Å²) < 4.78 is 0. The lowest BCUT2D eigenvalue weighted by atomic mass is 10.0. The lowest BCUT2D eigenvalue weighted by Gasteiger charge is -2.00. The zero-order valence-corrected chi connectivity index (χ0v) is 7.07. The predicted octanol–water partition coefficient (Wildman–Crippen LogP) is 2.58. The minimum atomic E-state index is 0.964. The lowest BCUT2D eigenvalue weighted by Crippen LogP contribution is -1.93. The van der Waals surface area contributed by atoms with Gasteiger partial charge in [0.05, 0.1) is 6.54 Å². The van der Waals surface area contributed by atoms with Gasteiger partial charge in [-0.25, -0.2) is 0 Å². The summed E-state index contributed by atoms with van der Waals surface area (Å²) in [4.78, 5) is 4.38. The van der Waals surface area contributed by atoms with Gasteiger partial charge in [0.2, 0.25) is 0 Å². The molecule has 0 spiro atoms. The summed E-state index contributed by atoms with van der Waals surface area (Å²) in [5.74, 6) is 0. The Morgan fingerprint density at radius 3 is 2.40 bits per heavy atom. The van der Waals surface area contributed by atoms with E-state index < -0.39 is 0 Å². The maximum absolute atomic E-state index is 4.38. The Balaban J connectivity index is 2.81. The molecule has 0 aromatic heterocycles. The Kier molecular flexibility index (Phi) is 2.25. The SMILES string of the molecule is CCC1=C(CC)C(C)=NC1. The van der Waals surface area contributed by atoms with Crippen LogP contribution < -0.4 is 0 Å². The van der Waals surface area contributed by atoms with Crippen LogP contribution in [0.2, 0.25) is 0 Å². The van der Waals surface area contributed by atoms with Gasteiger partial charge in [0.1, 0.15) is 0 Å². The molecule has 1 aliphatic heterocycles. The van der Waals surface area contributed by atoms with E-state index in [9.17, 15) is 0 Å². The van der Waals surface area contributed by atoms with Crippen LogP contribution in [-0.4, -0.2) is 12.3 Å². The molecule has 1 heteroatoms. The summed E-state index contributed by atoms with van der Waals surface area (Å²) in [7, 11) is 0. The Labute approximate surface area is 62.9 Å². The molecule has 0 radical (unpaired) electrons. The maximum atomic E-state index is 4.38. The van der Waals surface area contributed by atoms with Crippen molar-refractivity contribution in [1.29, 1.82) is 0 Å². The van der Waals surface area contributed by atoms with Gasteiger partial charge in [-0.1, -0.05) is 13.8 Å².